The molecule has 0 aliphatic rings. The fraction of sp³-hybridized carbons (Fsp3) is 0.278. The molecular formula is C18H21N3O3. The molecule has 0 aliphatic heterocycles. The quantitative estimate of drug-likeness (QED) is 0.620. The van der Waals surface area contributed by atoms with Crippen LogP contribution in [0, 0.1) is 10.1 Å². The van der Waals surface area contributed by atoms with Crippen LogP contribution in [0.3, 0.4) is 0 Å². The number of nitro benzene ring substituents is 1. The first kappa shape index (κ1) is 17.5. The smallest absolute Gasteiger partial charge is 0.270 e. The summed E-state index contributed by atoms with van der Waals surface area (Å²) < 4.78 is 0. The van der Waals surface area contributed by atoms with E-state index in [2.05, 4.69) is 10.6 Å². The van der Waals surface area contributed by atoms with Crippen LogP contribution < -0.4 is 10.6 Å². The highest BCUT2D eigenvalue weighted by molar-refractivity contribution is 6.09. The van der Waals surface area contributed by atoms with Gasteiger partial charge in [-0.25, -0.2) is 0 Å². The van der Waals surface area contributed by atoms with Gasteiger partial charge in [0, 0.05) is 30.6 Å². The highest BCUT2D eigenvalue weighted by atomic mass is 16.6. The molecule has 0 atom stereocenters. The van der Waals surface area contributed by atoms with Gasteiger partial charge in [-0.3, -0.25) is 14.9 Å². The summed E-state index contributed by atoms with van der Waals surface area (Å²) in [6.07, 6.45) is 1.58. The number of carbonyl (C=O) groups is 1. The van der Waals surface area contributed by atoms with Gasteiger partial charge in [0.15, 0.2) is 0 Å². The maximum atomic E-state index is 12.7. The molecule has 0 heterocycles. The molecule has 1 amide bonds. The molecule has 0 radical (unpaired) electrons. The zero-order valence-corrected chi connectivity index (χ0v) is 14.1. The Kier molecular flexibility index (Phi) is 5.52. The van der Waals surface area contributed by atoms with Gasteiger partial charge in [0.25, 0.3) is 11.6 Å². The lowest BCUT2D eigenvalue weighted by molar-refractivity contribution is -0.384. The summed E-state index contributed by atoms with van der Waals surface area (Å²) in [7, 11) is 1.68. The van der Waals surface area contributed by atoms with Gasteiger partial charge in [0.05, 0.1) is 10.5 Å². The fourth-order valence-electron chi connectivity index (χ4n) is 2.64. The molecule has 2 aromatic rings. The Morgan fingerprint density at radius 3 is 2.25 bits per heavy atom. The van der Waals surface area contributed by atoms with Crippen molar-refractivity contribution in [1.82, 2.24) is 0 Å². The molecule has 0 aromatic heterocycles. The van der Waals surface area contributed by atoms with E-state index in [1.807, 2.05) is 32.0 Å². The zero-order valence-electron chi connectivity index (χ0n) is 14.1. The zero-order chi connectivity index (χ0) is 17.7. The topological polar surface area (TPSA) is 84.3 Å². The Labute approximate surface area is 141 Å². The van der Waals surface area contributed by atoms with Gasteiger partial charge >= 0.3 is 0 Å². The third-order valence-corrected chi connectivity index (χ3v) is 3.97. The Hall–Kier alpha value is -2.89. The fourth-order valence-corrected chi connectivity index (χ4v) is 2.64. The normalized spacial score (nSPS) is 10.3. The van der Waals surface area contributed by atoms with Crippen LogP contribution in [0.1, 0.15) is 35.3 Å². The van der Waals surface area contributed by atoms with Crippen LogP contribution in [0.5, 0.6) is 0 Å². The summed E-state index contributed by atoms with van der Waals surface area (Å²) in [6, 6.07) is 10.1. The summed E-state index contributed by atoms with van der Waals surface area (Å²) >= 11 is 0. The summed E-state index contributed by atoms with van der Waals surface area (Å²) in [4.78, 5) is 23.2. The minimum absolute atomic E-state index is 0.112. The molecule has 0 aliphatic carbocycles. The van der Waals surface area contributed by atoms with E-state index >= 15 is 0 Å². The lowest BCUT2D eigenvalue weighted by atomic mass is 10.0. The van der Waals surface area contributed by atoms with E-state index in [9.17, 15) is 14.9 Å². The van der Waals surface area contributed by atoms with E-state index in [0.717, 1.165) is 29.7 Å². The second-order valence-corrected chi connectivity index (χ2v) is 5.35. The number of hydrogen-bond donors (Lipinski definition) is 2. The van der Waals surface area contributed by atoms with Gasteiger partial charge in [-0.1, -0.05) is 32.0 Å². The van der Waals surface area contributed by atoms with E-state index in [1.54, 1.807) is 13.1 Å². The number of nitrogens with zero attached hydrogens (tertiary/aromatic N) is 1. The van der Waals surface area contributed by atoms with E-state index in [-0.39, 0.29) is 17.2 Å². The Balaban J connectivity index is 2.44. The van der Waals surface area contributed by atoms with Crippen molar-refractivity contribution in [2.75, 3.05) is 17.7 Å². The van der Waals surface area contributed by atoms with Crippen molar-refractivity contribution >= 4 is 23.0 Å². The predicted molar refractivity (Wildman–Crippen MR) is 95.8 cm³/mol. The molecule has 6 heteroatoms. The van der Waals surface area contributed by atoms with Gasteiger partial charge in [0.2, 0.25) is 0 Å². The second-order valence-electron chi connectivity index (χ2n) is 5.35. The lowest BCUT2D eigenvalue weighted by Crippen LogP contribution is -2.16. The van der Waals surface area contributed by atoms with Crippen molar-refractivity contribution in [1.29, 1.82) is 0 Å². The molecule has 2 aromatic carbocycles. The molecule has 0 unspecified atom stereocenters. The van der Waals surface area contributed by atoms with E-state index in [0.29, 0.717) is 5.69 Å². The molecule has 0 spiro atoms. The number of anilines is 2. The Morgan fingerprint density at radius 1 is 1.12 bits per heavy atom. The predicted octanol–water partition coefficient (Wildman–Crippen LogP) is 4.01. The molecule has 0 fully saturated rings. The van der Waals surface area contributed by atoms with Crippen LogP contribution >= 0.6 is 0 Å². The minimum Gasteiger partial charge on any atom is -0.387 e. The summed E-state index contributed by atoms with van der Waals surface area (Å²) in [6.45, 7) is 4.05. The van der Waals surface area contributed by atoms with Crippen LogP contribution in [0.15, 0.2) is 36.4 Å². The number of aryl methyl sites for hydroxylation is 2. The van der Waals surface area contributed by atoms with Crippen LogP contribution in [0.2, 0.25) is 0 Å². The monoisotopic (exact) mass is 327 g/mol. The molecule has 0 saturated heterocycles. The summed E-state index contributed by atoms with van der Waals surface area (Å²) in [5.74, 6) is -0.362. The molecule has 2 rings (SSSR count). The molecule has 126 valence electrons. The van der Waals surface area contributed by atoms with Crippen molar-refractivity contribution < 1.29 is 9.72 Å². The van der Waals surface area contributed by atoms with Crippen LogP contribution in [-0.4, -0.2) is 17.9 Å². The van der Waals surface area contributed by atoms with Crippen molar-refractivity contribution in [2.24, 2.45) is 0 Å². The van der Waals surface area contributed by atoms with Gasteiger partial charge in [-0.05, 0) is 30.0 Å². The number of para-hydroxylation sites is 1. The molecule has 24 heavy (non-hydrogen) atoms. The van der Waals surface area contributed by atoms with Crippen LogP contribution in [0.4, 0.5) is 17.1 Å². The maximum Gasteiger partial charge on any atom is 0.270 e. The molecular weight excluding hydrogens is 306 g/mol. The SMILES string of the molecule is CCc1cccc(CC)c1NC(=O)c1cc([N+](=O)[O-])ccc1NC. The number of rotatable bonds is 6. The largest absolute Gasteiger partial charge is 0.387 e. The molecule has 0 bridgehead atoms. The number of hydrogen-bond acceptors (Lipinski definition) is 4. The first-order valence-corrected chi connectivity index (χ1v) is 7.90. The third-order valence-electron chi connectivity index (χ3n) is 3.97. The number of non-ortho nitro benzene ring substituents is 1. The van der Waals surface area contributed by atoms with Crippen molar-refractivity contribution in [3.05, 3.63) is 63.2 Å². The van der Waals surface area contributed by atoms with Crippen LogP contribution in [0.25, 0.3) is 0 Å². The number of nitro groups is 1. The lowest BCUT2D eigenvalue weighted by Gasteiger charge is -2.15. The van der Waals surface area contributed by atoms with Crippen molar-refractivity contribution in [2.45, 2.75) is 26.7 Å². The minimum atomic E-state index is -0.506. The highest BCUT2D eigenvalue weighted by Crippen LogP contribution is 2.26. The van der Waals surface area contributed by atoms with Gasteiger partial charge < -0.3 is 10.6 Å². The molecule has 6 nitrogen and oxygen atoms in total. The first-order chi connectivity index (χ1) is 11.5. The number of amides is 1. The van der Waals surface area contributed by atoms with Crippen molar-refractivity contribution in [3.63, 3.8) is 0 Å². The average Bonchev–Trinajstić information content (AvgIpc) is 2.61. The summed E-state index contributed by atoms with van der Waals surface area (Å²) in [5.41, 5.74) is 3.56. The molecule has 0 saturated carbocycles. The van der Waals surface area contributed by atoms with Gasteiger partial charge in [-0.15, -0.1) is 0 Å². The average molecular weight is 327 g/mol. The number of nitrogens with one attached hydrogen (secondary N) is 2. The standard InChI is InChI=1S/C18H21N3O3/c1-4-12-7-6-8-13(5-2)17(12)20-18(22)15-11-14(21(23)24)9-10-16(15)19-3/h6-11,19H,4-5H2,1-3H3,(H,20,22). The number of benzene rings is 2. The highest BCUT2D eigenvalue weighted by Gasteiger charge is 2.18. The van der Waals surface area contributed by atoms with Crippen molar-refractivity contribution in [3.8, 4) is 0 Å². The van der Waals surface area contributed by atoms with E-state index < -0.39 is 4.92 Å². The summed E-state index contributed by atoms with van der Waals surface area (Å²) in [5, 5.41) is 16.8. The van der Waals surface area contributed by atoms with Gasteiger partial charge in [0.1, 0.15) is 0 Å². The third kappa shape index (κ3) is 3.53. The Morgan fingerprint density at radius 2 is 1.75 bits per heavy atom. The maximum absolute atomic E-state index is 12.7. The van der Waals surface area contributed by atoms with Crippen LogP contribution in [-0.2, 0) is 12.8 Å². The molecule has 2 N–H and O–H groups in total. The van der Waals surface area contributed by atoms with E-state index in [1.165, 1.54) is 12.1 Å². The first-order valence-electron chi connectivity index (χ1n) is 7.90. The number of carbonyl (C=O) groups excluding carboxylic acids is 1. The van der Waals surface area contributed by atoms with Gasteiger partial charge in [-0.2, -0.15) is 0 Å². The second kappa shape index (κ2) is 7.59. The van der Waals surface area contributed by atoms with E-state index in [4.69, 9.17) is 0 Å². The Bertz CT molecular complexity index is 750.